The lowest BCUT2D eigenvalue weighted by Crippen LogP contribution is -2.38. The minimum Gasteiger partial charge on any atom is -0.384 e. The molecule has 0 unspecified atom stereocenters. The maximum atomic E-state index is 12.8. The minimum atomic E-state index is -3.45. The highest BCUT2D eigenvalue weighted by Gasteiger charge is 2.29. The van der Waals surface area contributed by atoms with E-state index in [1.807, 2.05) is 16.8 Å². The SMILES string of the molecule is O=S(=O)(c1ccc2c(c1)CCN2)N1CCn2ccnc2C1. The van der Waals surface area contributed by atoms with Crippen LogP contribution in [0.2, 0.25) is 0 Å². The molecule has 7 heteroatoms. The first-order valence-corrected chi connectivity index (χ1v) is 8.45. The third kappa shape index (κ3) is 2.04. The number of anilines is 1. The summed E-state index contributed by atoms with van der Waals surface area (Å²) in [4.78, 5) is 4.60. The van der Waals surface area contributed by atoms with Gasteiger partial charge in [-0.05, 0) is 30.2 Å². The van der Waals surface area contributed by atoms with E-state index in [-0.39, 0.29) is 0 Å². The fraction of sp³-hybridized carbons (Fsp3) is 0.357. The molecule has 0 spiro atoms. The quantitative estimate of drug-likeness (QED) is 0.901. The van der Waals surface area contributed by atoms with Crippen molar-refractivity contribution in [2.75, 3.05) is 18.4 Å². The van der Waals surface area contributed by atoms with Crippen LogP contribution in [0.15, 0.2) is 35.5 Å². The first kappa shape index (κ1) is 12.8. The third-order valence-electron chi connectivity index (χ3n) is 4.13. The molecule has 1 aromatic carbocycles. The molecule has 1 N–H and O–H groups in total. The summed E-state index contributed by atoms with van der Waals surface area (Å²) >= 11 is 0. The summed E-state index contributed by atoms with van der Waals surface area (Å²) < 4.78 is 29.1. The molecule has 6 nitrogen and oxygen atoms in total. The van der Waals surface area contributed by atoms with Gasteiger partial charge in [-0.3, -0.25) is 0 Å². The number of aromatic nitrogens is 2. The van der Waals surface area contributed by atoms with Crippen molar-refractivity contribution in [3.8, 4) is 0 Å². The van der Waals surface area contributed by atoms with E-state index >= 15 is 0 Å². The van der Waals surface area contributed by atoms with E-state index in [0.717, 1.165) is 30.0 Å². The predicted molar refractivity (Wildman–Crippen MR) is 78.5 cm³/mol. The molecule has 0 saturated carbocycles. The molecule has 2 aliphatic rings. The van der Waals surface area contributed by atoms with E-state index in [9.17, 15) is 8.42 Å². The summed E-state index contributed by atoms with van der Waals surface area (Å²) in [7, 11) is -3.45. The molecule has 0 radical (unpaired) electrons. The number of benzene rings is 1. The molecule has 0 aliphatic carbocycles. The number of hydrogen-bond acceptors (Lipinski definition) is 4. The second-order valence-corrected chi connectivity index (χ2v) is 7.31. The summed E-state index contributed by atoms with van der Waals surface area (Å²) in [6.07, 6.45) is 4.48. The van der Waals surface area contributed by atoms with E-state index in [1.165, 1.54) is 4.31 Å². The molecule has 0 amide bonds. The summed E-state index contributed by atoms with van der Waals surface area (Å²) in [5.41, 5.74) is 2.12. The minimum absolute atomic E-state index is 0.338. The van der Waals surface area contributed by atoms with Gasteiger partial charge in [-0.1, -0.05) is 0 Å². The van der Waals surface area contributed by atoms with E-state index in [0.29, 0.717) is 24.5 Å². The number of rotatable bonds is 2. The van der Waals surface area contributed by atoms with Crippen LogP contribution in [-0.2, 0) is 29.5 Å². The molecule has 0 bridgehead atoms. The van der Waals surface area contributed by atoms with Gasteiger partial charge in [0.2, 0.25) is 10.0 Å². The zero-order valence-electron chi connectivity index (χ0n) is 11.5. The standard InChI is InChI=1S/C14H16N4O2S/c19-21(20,12-1-2-13-11(9-12)3-4-15-13)18-8-7-17-6-5-16-14(17)10-18/h1-2,5-6,9,15H,3-4,7-8,10H2. The largest absolute Gasteiger partial charge is 0.384 e. The Balaban J connectivity index is 1.68. The molecule has 3 heterocycles. The van der Waals surface area contributed by atoms with Gasteiger partial charge < -0.3 is 9.88 Å². The number of sulfonamides is 1. The van der Waals surface area contributed by atoms with Crippen LogP contribution in [0.25, 0.3) is 0 Å². The van der Waals surface area contributed by atoms with Crippen molar-refractivity contribution >= 4 is 15.7 Å². The van der Waals surface area contributed by atoms with Gasteiger partial charge in [-0.15, -0.1) is 0 Å². The van der Waals surface area contributed by atoms with Crippen molar-refractivity contribution in [2.24, 2.45) is 0 Å². The van der Waals surface area contributed by atoms with Crippen LogP contribution >= 0.6 is 0 Å². The fourth-order valence-corrected chi connectivity index (χ4v) is 4.38. The highest BCUT2D eigenvalue weighted by atomic mass is 32.2. The number of fused-ring (bicyclic) bond motifs is 2. The zero-order chi connectivity index (χ0) is 14.4. The maximum absolute atomic E-state index is 12.8. The molecule has 21 heavy (non-hydrogen) atoms. The predicted octanol–water partition coefficient (Wildman–Crippen LogP) is 1.06. The molecular formula is C14H16N4O2S. The molecule has 2 aliphatic heterocycles. The van der Waals surface area contributed by atoms with Gasteiger partial charge in [0.1, 0.15) is 5.82 Å². The van der Waals surface area contributed by atoms with Crippen molar-refractivity contribution in [3.63, 3.8) is 0 Å². The Labute approximate surface area is 123 Å². The maximum Gasteiger partial charge on any atom is 0.243 e. The fourth-order valence-electron chi connectivity index (χ4n) is 2.95. The molecule has 2 aromatic rings. The number of nitrogens with one attached hydrogen (secondary N) is 1. The van der Waals surface area contributed by atoms with Crippen molar-refractivity contribution in [1.29, 1.82) is 0 Å². The molecule has 4 rings (SSSR count). The van der Waals surface area contributed by atoms with Crippen LogP contribution in [0.3, 0.4) is 0 Å². The lowest BCUT2D eigenvalue weighted by Gasteiger charge is -2.27. The highest BCUT2D eigenvalue weighted by molar-refractivity contribution is 7.89. The number of hydrogen-bond donors (Lipinski definition) is 1. The van der Waals surface area contributed by atoms with Crippen molar-refractivity contribution in [3.05, 3.63) is 42.0 Å². The normalized spacial score (nSPS) is 18.1. The highest BCUT2D eigenvalue weighted by Crippen LogP contribution is 2.28. The van der Waals surface area contributed by atoms with Crippen LogP contribution in [0, 0.1) is 0 Å². The lowest BCUT2D eigenvalue weighted by molar-refractivity contribution is 0.335. The van der Waals surface area contributed by atoms with E-state index in [2.05, 4.69) is 10.3 Å². The van der Waals surface area contributed by atoms with Gasteiger partial charge >= 0.3 is 0 Å². The Morgan fingerprint density at radius 1 is 1.24 bits per heavy atom. The molecular weight excluding hydrogens is 288 g/mol. The van der Waals surface area contributed by atoms with Crippen LogP contribution < -0.4 is 5.32 Å². The first-order chi connectivity index (χ1) is 10.1. The number of nitrogens with zero attached hydrogens (tertiary/aromatic N) is 3. The van der Waals surface area contributed by atoms with E-state index in [1.54, 1.807) is 18.3 Å². The second kappa shape index (κ2) is 4.57. The first-order valence-electron chi connectivity index (χ1n) is 7.01. The van der Waals surface area contributed by atoms with Crippen LogP contribution in [-0.4, -0.2) is 35.4 Å². The smallest absolute Gasteiger partial charge is 0.243 e. The summed E-state index contributed by atoms with van der Waals surface area (Å²) in [5.74, 6) is 0.799. The second-order valence-electron chi connectivity index (χ2n) is 5.37. The molecule has 1 aromatic heterocycles. The van der Waals surface area contributed by atoms with E-state index in [4.69, 9.17) is 0 Å². The van der Waals surface area contributed by atoms with Gasteiger partial charge in [0.05, 0.1) is 11.4 Å². The Bertz CT molecular complexity index is 797. The summed E-state index contributed by atoms with van der Waals surface area (Å²) in [6, 6.07) is 5.35. The van der Waals surface area contributed by atoms with Crippen molar-refractivity contribution in [2.45, 2.75) is 24.4 Å². The number of imidazole rings is 1. The van der Waals surface area contributed by atoms with Crippen LogP contribution in [0.4, 0.5) is 5.69 Å². The summed E-state index contributed by atoms with van der Waals surface area (Å²) in [5, 5.41) is 3.25. The Morgan fingerprint density at radius 2 is 2.14 bits per heavy atom. The average Bonchev–Trinajstić information content (AvgIpc) is 3.14. The Morgan fingerprint density at radius 3 is 3.05 bits per heavy atom. The van der Waals surface area contributed by atoms with Gasteiger partial charge in [0.15, 0.2) is 0 Å². The average molecular weight is 304 g/mol. The van der Waals surface area contributed by atoms with Crippen molar-refractivity contribution < 1.29 is 8.42 Å². The topological polar surface area (TPSA) is 67.2 Å². The lowest BCUT2D eigenvalue weighted by atomic mass is 10.2. The molecule has 0 atom stereocenters. The van der Waals surface area contributed by atoms with Gasteiger partial charge in [-0.2, -0.15) is 4.31 Å². The molecule has 110 valence electrons. The van der Waals surface area contributed by atoms with Gasteiger partial charge in [0.25, 0.3) is 0 Å². The Kier molecular flexibility index (Phi) is 2.80. The van der Waals surface area contributed by atoms with Gasteiger partial charge in [0, 0.05) is 37.7 Å². The van der Waals surface area contributed by atoms with Crippen LogP contribution in [0.5, 0.6) is 0 Å². The van der Waals surface area contributed by atoms with Crippen LogP contribution in [0.1, 0.15) is 11.4 Å². The molecule has 0 fully saturated rings. The zero-order valence-corrected chi connectivity index (χ0v) is 12.3. The monoisotopic (exact) mass is 304 g/mol. The Hall–Kier alpha value is -1.86. The van der Waals surface area contributed by atoms with E-state index < -0.39 is 10.0 Å². The molecule has 0 saturated heterocycles. The summed E-state index contributed by atoms with van der Waals surface area (Å²) in [6.45, 7) is 2.35. The third-order valence-corrected chi connectivity index (χ3v) is 5.98. The van der Waals surface area contributed by atoms with Crippen molar-refractivity contribution in [1.82, 2.24) is 13.9 Å². The van der Waals surface area contributed by atoms with Gasteiger partial charge in [-0.25, -0.2) is 13.4 Å².